The Morgan fingerprint density at radius 1 is 1.08 bits per heavy atom. The first-order chi connectivity index (χ1) is 18.5. The first-order valence-electron chi connectivity index (χ1n) is 13.3. The van der Waals surface area contributed by atoms with E-state index in [4.69, 9.17) is 5.10 Å². The van der Waals surface area contributed by atoms with Crippen molar-refractivity contribution in [3.8, 4) is 17.3 Å². The summed E-state index contributed by atoms with van der Waals surface area (Å²) >= 11 is 0. The Labute approximate surface area is 222 Å². The van der Waals surface area contributed by atoms with Crippen LogP contribution in [0.5, 0.6) is 0 Å². The van der Waals surface area contributed by atoms with Gasteiger partial charge in [-0.3, -0.25) is 0 Å². The minimum Gasteiger partial charge on any atom is -0.348 e. The molecule has 6 nitrogen and oxygen atoms in total. The average Bonchev–Trinajstić information content (AvgIpc) is 3.59. The average molecular weight is 515 g/mol. The molecular formula is C30H32F2N6. The molecule has 0 saturated carbocycles. The van der Waals surface area contributed by atoms with E-state index in [1.807, 2.05) is 29.2 Å². The van der Waals surface area contributed by atoms with Crippen LogP contribution in [0.15, 0.2) is 54.7 Å². The van der Waals surface area contributed by atoms with Gasteiger partial charge in [0.25, 0.3) is 0 Å². The predicted molar refractivity (Wildman–Crippen MR) is 145 cm³/mol. The summed E-state index contributed by atoms with van der Waals surface area (Å²) < 4.78 is 30.4. The number of imidazole rings is 1. The Morgan fingerprint density at radius 2 is 1.92 bits per heavy atom. The number of benzene rings is 2. The van der Waals surface area contributed by atoms with Crippen molar-refractivity contribution in [1.29, 1.82) is 5.26 Å². The zero-order valence-corrected chi connectivity index (χ0v) is 21.9. The first-order valence-corrected chi connectivity index (χ1v) is 13.3. The highest BCUT2D eigenvalue weighted by atomic mass is 19.1. The van der Waals surface area contributed by atoms with Gasteiger partial charge in [-0.1, -0.05) is 19.9 Å². The number of hydrogen-bond acceptors (Lipinski definition) is 5. The van der Waals surface area contributed by atoms with Gasteiger partial charge in [0, 0.05) is 17.7 Å². The SMILES string of the molecule is CCN(CC)CCCc1cc(-c2cnc3ccc(N4CCCC4c4cc(F)ccc4F)nn23)ccc1C#N. The lowest BCUT2D eigenvalue weighted by molar-refractivity contribution is 0.300. The Kier molecular flexibility index (Phi) is 7.66. The highest BCUT2D eigenvalue weighted by molar-refractivity contribution is 5.66. The van der Waals surface area contributed by atoms with Crippen molar-refractivity contribution in [2.75, 3.05) is 31.1 Å². The highest BCUT2D eigenvalue weighted by Crippen LogP contribution is 2.37. The fourth-order valence-corrected chi connectivity index (χ4v) is 5.45. The number of aryl methyl sites for hydroxylation is 1. The second-order valence-electron chi connectivity index (χ2n) is 9.74. The molecule has 0 radical (unpaired) electrons. The van der Waals surface area contributed by atoms with Gasteiger partial charge in [0.05, 0.1) is 29.6 Å². The number of hydrogen-bond donors (Lipinski definition) is 0. The summed E-state index contributed by atoms with van der Waals surface area (Å²) in [6.45, 7) is 8.05. The molecule has 38 heavy (non-hydrogen) atoms. The van der Waals surface area contributed by atoms with E-state index >= 15 is 0 Å². The van der Waals surface area contributed by atoms with Crippen molar-refractivity contribution in [2.24, 2.45) is 0 Å². The summed E-state index contributed by atoms with van der Waals surface area (Å²) in [5.41, 5.74) is 4.52. The quantitative estimate of drug-likeness (QED) is 0.268. The molecule has 1 fully saturated rings. The second-order valence-corrected chi connectivity index (χ2v) is 9.74. The molecule has 1 atom stereocenters. The first kappa shape index (κ1) is 25.8. The monoisotopic (exact) mass is 514 g/mol. The van der Waals surface area contributed by atoms with E-state index in [1.54, 1.807) is 10.7 Å². The summed E-state index contributed by atoms with van der Waals surface area (Å²) in [7, 11) is 0. The van der Waals surface area contributed by atoms with Gasteiger partial charge in [-0.25, -0.2) is 18.3 Å². The molecule has 2 aromatic heterocycles. The molecule has 1 aliphatic rings. The molecule has 1 unspecified atom stereocenters. The van der Waals surface area contributed by atoms with E-state index in [0.717, 1.165) is 68.2 Å². The molecule has 1 saturated heterocycles. The Morgan fingerprint density at radius 3 is 2.71 bits per heavy atom. The van der Waals surface area contributed by atoms with Gasteiger partial charge >= 0.3 is 0 Å². The maximum Gasteiger partial charge on any atom is 0.154 e. The molecule has 4 aromatic rings. The van der Waals surface area contributed by atoms with Crippen LogP contribution in [0.3, 0.4) is 0 Å². The van der Waals surface area contributed by atoms with Gasteiger partial charge in [-0.15, -0.1) is 5.10 Å². The van der Waals surface area contributed by atoms with Crippen LogP contribution in [0, 0.1) is 23.0 Å². The lowest BCUT2D eigenvalue weighted by atomic mass is 9.99. The fourth-order valence-electron chi connectivity index (χ4n) is 5.45. The zero-order chi connectivity index (χ0) is 26.6. The van der Waals surface area contributed by atoms with Gasteiger partial charge in [0.1, 0.15) is 17.5 Å². The molecule has 0 spiro atoms. The van der Waals surface area contributed by atoms with Crippen LogP contribution < -0.4 is 4.90 Å². The van der Waals surface area contributed by atoms with Gasteiger partial charge in [-0.05, 0) is 93.3 Å². The van der Waals surface area contributed by atoms with E-state index in [2.05, 4.69) is 35.9 Å². The molecule has 0 N–H and O–H groups in total. The maximum atomic E-state index is 14.6. The Hall–Kier alpha value is -3.83. The molecule has 196 valence electrons. The lowest BCUT2D eigenvalue weighted by Gasteiger charge is -2.26. The smallest absolute Gasteiger partial charge is 0.154 e. The third kappa shape index (κ3) is 5.11. The minimum atomic E-state index is -0.442. The highest BCUT2D eigenvalue weighted by Gasteiger charge is 2.30. The molecular weight excluding hydrogens is 482 g/mol. The third-order valence-corrected chi connectivity index (χ3v) is 7.55. The summed E-state index contributed by atoms with van der Waals surface area (Å²) in [5.74, 6) is -0.155. The number of fused-ring (bicyclic) bond motifs is 1. The molecule has 0 aliphatic carbocycles. The molecule has 3 heterocycles. The third-order valence-electron chi connectivity index (χ3n) is 7.55. The van der Waals surface area contributed by atoms with Crippen molar-refractivity contribution < 1.29 is 8.78 Å². The van der Waals surface area contributed by atoms with Crippen LogP contribution in [0.2, 0.25) is 0 Å². The zero-order valence-electron chi connectivity index (χ0n) is 21.9. The van der Waals surface area contributed by atoms with Gasteiger partial charge in [-0.2, -0.15) is 5.26 Å². The van der Waals surface area contributed by atoms with Crippen LogP contribution in [0.4, 0.5) is 14.6 Å². The Bertz CT molecular complexity index is 1470. The maximum absolute atomic E-state index is 14.6. The number of rotatable bonds is 9. The normalized spacial score (nSPS) is 15.5. The van der Waals surface area contributed by atoms with Crippen LogP contribution in [-0.2, 0) is 6.42 Å². The van der Waals surface area contributed by atoms with E-state index < -0.39 is 11.6 Å². The fraction of sp³-hybridized carbons (Fsp3) is 0.367. The van der Waals surface area contributed by atoms with Crippen molar-refractivity contribution >= 4 is 11.5 Å². The van der Waals surface area contributed by atoms with Crippen molar-refractivity contribution in [1.82, 2.24) is 19.5 Å². The minimum absolute atomic E-state index is 0.282. The molecule has 8 heteroatoms. The van der Waals surface area contributed by atoms with E-state index in [0.29, 0.717) is 29.1 Å². The van der Waals surface area contributed by atoms with Crippen LogP contribution in [0.1, 0.15) is 55.8 Å². The summed E-state index contributed by atoms with van der Waals surface area (Å²) in [5, 5.41) is 14.6. The number of halogens is 2. The Balaban J connectivity index is 1.46. The summed E-state index contributed by atoms with van der Waals surface area (Å²) in [6.07, 6.45) is 5.17. The standard InChI is InChI=1S/C30H32F2N6/c1-3-36(4-2)15-5-7-21-17-22(9-10-23(21)19-33)28-20-34-29-13-14-30(35-38(28)29)37-16-6-8-27(37)25-18-24(31)11-12-26(25)32/h9-14,17-18,20,27H,3-8,15-16H2,1-2H3. The topological polar surface area (TPSA) is 60.5 Å². The van der Waals surface area contributed by atoms with Crippen molar-refractivity contribution in [2.45, 2.75) is 45.6 Å². The molecule has 1 aliphatic heterocycles. The van der Waals surface area contributed by atoms with E-state index in [-0.39, 0.29) is 6.04 Å². The van der Waals surface area contributed by atoms with Gasteiger partial charge in [0.15, 0.2) is 5.65 Å². The lowest BCUT2D eigenvalue weighted by Crippen LogP contribution is -2.25. The molecule has 0 amide bonds. The van der Waals surface area contributed by atoms with Crippen LogP contribution in [0.25, 0.3) is 16.9 Å². The summed E-state index contributed by atoms with van der Waals surface area (Å²) in [4.78, 5) is 8.97. The van der Waals surface area contributed by atoms with Crippen molar-refractivity contribution in [3.05, 3.63) is 83.1 Å². The molecule has 5 rings (SSSR count). The van der Waals surface area contributed by atoms with E-state index in [1.165, 1.54) is 12.1 Å². The van der Waals surface area contributed by atoms with Gasteiger partial charge in [0.2, 0.25) is 0 Å². The van der Waals surface area contributed by atoms with Crippen LogP contribution in [-0.4, -0.2) is 45.7 Å². The van der Waals surface area contributed by atoms with Crippen LogP contribution >= 0.6 is 0 Å². The predicted octanol–water partition coefficient (Wildman–Crippen LogP) is 6.16. The van der Waals surface area contributed by atoms with E-state index in [9.17, 15) is 14.0 Å². The second kappa shape index (κ2) is 11.3. The number of anilines is 1. The summed E-state index contributed by atoms with van der Waals surface area (Å²) in [6, 6.07) is 15.3. The number of nitrogens with zero attached hydrogens (tertiary/aromatic N) is 6. The largest absolute Gasteiger partial charge is 0.348 e. The number of nitriles is 1. The van der Waals surface area contributed by atoms with Crippen molar-refractivity contribution in [3.63, 3.8) is 0 Å². The molecule has 0 bridgehead atoms. The number of aromatic nitrogens is 3. The molecule has 2 aromatic carbocycles. The van der Waals surface area contributed by atoms with Gasteiger partial charge < -0.3 is 9.80 Å².